The van der Waals surface area contributed by atoms with E-state index in [1.165, 1.54) is 0 Å². The lowest BCUT2D eigenvalue weighted by molar-refractivity contribution is -0.297. The third-order valence-corrected chi connectivity index (χ3v) is 2.16. The van der Waals surface area contributed by atoms with Gasteiger partial charge in [-0.1, -0.05) is 23.7 Å². The van der Waals surface area contributed by atoms with Gasteiger partial charge in [-0.3, -0.25) is 4.79 Å². The van der Waals surface area contributed by atoms with Gasteiger partial charge < -0.3 is 15.2 Å². The third-order valence-electron chi connectivity index (χ3n) is 1.84. The average molecular weight is 239 g/mol. The van der Waals surface area contributed by atoms with Gasteiger partial charge in [-0.25, -0.2) is 0 Å². The molecule has 0 saturated heterocycles. The predicted molar refractivity (Wildman–Crippen MR) is 59.0 cm³/mol. The molecule has 0 aromatic heterocycles. The molecule has 0 spiro atoms. The summed E-state index contributed by atoms with van der Waals surface area (Å²) in [5.74, 6) is -1.99. The Morgan fingerprint density at radius 2 is 2.06 bits per heavy atom. The standard InChI is InChI=1S/C11H10ClNO3/c1-7-3-2-4-8(12)11(7)13-9(14)5-6-10(15)16/h2-6H,1H3,(H,13,14)(H,15,16)/p-1. The molecule has 5 heteroatoms. The molecule has 0 fully saturated rings. The van der Waals surface area contributed by atoms with Gasteiger partial charge >= 0.3 is 0 Å². The molecule has 0 unspecified atom stereocenters. The largest absolute Gasteiger partial charge is 0.545 e. The Bertz CT molecular complexity index is 434. The first-order chi connectivity index (χ1) is 7.50. The van der Waals surface area contributed by atoms with Crippen molar-refractivity contribution in [2.24, 2.45) is 0 Å². The lowest BCUT2D eigenvalue weighted by Crippen LogP contribution is -2.20. The van der Waals surface area contributed by atoms with E-state index < -0.39 is 11.9 Å². The SMILES string of the molecule is Cc1cccc(Cl)c1NC(=O)C=CC(=O)[O-]. The first kappa shape index (κ1) is 12.3. The average Bonchev–Trinajstić information content (AvgIpc) is 2.21. The normalized spacial score (nSPS) is 10.4. The van der Waals surface area contributed by atoms with Crippen LogP contribution in [0.5, 0.6) is 0 Å². The summed E-state index contributed by atoms with van der Waals surface area (Å²) in [6.07, 6.45) is 1.53. The number of halogens is 1. The Balaban J connectivity index is 2.81. The van der Waals surface area contributed by atoms with E-state index >= 15 is 0 Å². The summed E-state index contributed by atoms with van der Waals surface area (Å²) in [5, 5.41) is 13.0. The van der Waals surface area contributed by atoms with E-state index in [0.717, 1.165) is 11.6 Å². The molecule has 4 nitrogen and oxygen atoms in total. The summed E-state index contributed by atoms with van der Waals surface area (Å²) in [5.41, 5.74) is 1.26. The summed E-state index contributed by atoms with van der Waals surface area (Å²) in [6, 6.07) is 5.17. The fourth-order valence-corrected chi connectivity index (χ4v) is 1.37. The Kier molecular flexibility index (Phi) is 4.08. The maximum Gasteiger partial charge on any atom is 0.248 e. The van der Waals surface area contributed by atoms with Gasteiger partial charge in [-0.2, -0.15) is 0 Å². The van der Waals surface area contributed by atoms with Crippen LogP contribution in [0.4, 0.5) is 5.69 Å². The van der Waals surface area contributed by atoms with E-state index in [-0.39, 0.29) is 0 Å². The molecule has 0 aliphatic heterocycles. The number of para-hydroxylation sites is 1. The second kappa shape index (κ2) is 5.32. The summed E-state index contributed by atoms with van der Waals surface area (Å²) in [4.78, 5) is 21.4. The zero-order valence-electron chi connectivity index (χ0n) is 8.49. The number of nitrogens with one attached hydrogen (secondary N) is 1. The predicted octanol–water partition coefficient (Wildman–Crippen LogP) is 0.893. The molecule has 0 radical (unpaired) electrons. The van der Waals surface area contributed by atoms with Gasteiger partial charge in [0.25, 0.3) is 0 Å². The molecule has 0 atom stereocenters. The Labute approximate surface area is 97.5 Å². The van der Waals surface area contributed by atoms with Crippen LogP contribution in [0, 0.1) is 6.92 Å². The van der Waals surface area contributed by atoms with Crippen molar-refractivity contribution in [3.63, 3.8) is 0 Å². The highest BCUT2D eigenvalue weighted by atomic mass is 35.5. The number of hydrogen-bond acceptors (Lipinski definition) is 3. The van der Waals surface area contributed by atoms with Crippen molar-refractivity contribution in [1.82, 2.24) is 0 Å². The van der Waals surface area contributed by atoms with Gasteiger partial charge in [0, 0.05) is 6.08 Å². The van der Waals surface area contributed by atoms with Gasteiger partial charge in [-0.05, 0) is 24.6 Å². The molecule has 0 aliphatic rings. The zero-order chi connectivity index (χ0) is 12.1. The van der Waals surface area contributed by atoms with Crippen molar-refractivity contribution in [3.05, 3.63) is 40.9 Å². The van der Waals surface area contributed by atoms with E-state index in [1.54, 1.807) is 25.1 Å². The van der Waals surface area contributed by atoms with E-state index in [2.05, 4.69) is 5.32 Å². The number of anilines is 1. The van der Waals surface area contributed by atoms with Crippen LogP contribution < -0.4 is 10.4 Å². The maximum absolute atomic E-state index is 11.3. The number of carbonyl (C=O) groups is 2. The van der Waals surface area contributed by atoms with Gasteiger partial charge in [-0.15, -0.1) is 0 Å². The minimum absolute atomic E-state index is 0.398. The number of benzene rings is 1. The fraction of sp³-hybridized carbons (Fsp3) is 0.0909. The Hall–Kier alpha value is -1.81. The van der Waals surface area contributed by atoms with Crippen molar-refractivity contribution in [2.75, 3.05) is 5.32 Å². The molecule has 1 rings (SSSR count). The molecule has 1 amide bonds. The van der Waals surface area contributed by atoms with E-state index in [4.69, 9.17) is 11.6 Å². The number of carbonyl (C=O) groups excluding carboxylic acids is 2. The molecular weight excluding hydrogens is 230 g/mol. The molecule has 16 heavy (non-hydrogen) atoms. The van der Waals surface area contributed by atoms with Crippen LogP contribution in [-0.4, -0.2) is 11.9 Å². The van der Waals surface area contributed by atoms with E-state index in [0.29, 0.717) is 16.8 Å². The highest BCUT2D eigenvalue weighted by molar-refractivity contribution is 6.34. The quantitative estimate of drug-likeness (QED) is 0.796. The Morgan fingerprint density at radius 3 is 2.62 bits per heavy atom. The van der Waals surface area contributed by atoms with Gasteiger partial charge in [0.05, 0.1) is 16.7 Å². The molecule has 0 aliphatic carbocycles. The van der Waals surface area contributed by atoms with Crippen molar-refractivity contribution in [2.45, 2.75) is 6.92 Å². The number of aliphatic carboxylic acids is 1. The second-order valence-electron chi connectivity index (χ2n) is 3.07. The first-order valence-electron chi connectivity index (χ1n) is 4.46. The fourth-order valence-electron chi connectivity index (χ4n) is 1.10. The van der Waals surface area contributed by atoms with E-state index in [9.17, 15) is 14.7 Å². The van der Waals surface area contributed by atoms with Gasteiger partial charge in [0.1, 0.15) is 0 Å². The van der Waals surface area contributed by atoms with Gasteiger partial charge in [0.2, 0.25) is 5.91 Å². The lowest BCUT2D eigenvalue weighted by atomic mass is 10.2. The molecule has 1 aromatic carbocycles. The van der Waals surface area contributed by atoms with Crippen molar-refractivity contribution in [3.8, 4) is 0 Å². The van der Waals surface area contributed by atoms with Gasteiger partial charge in [0.15, 0.2) is 0 Å². The maximum atomic E-state index is 11.3. The monoisotopic (exact) mass is 238 g/mol. The second-order valence-corrected chi connectivity index (χ2v) is 3.48. The van der Waals surface area contributed by atoms with Crippen molar-refractivity contribution >= 4 is 29.2 Å². The number of amides is 1. The molecule has 84 valence electrons. The molecule has 1 N–H and O–H groups in total. The summed E-state index contributed by atoms with van der Waals surface area (Å²) in [6.45, 7) is 1.78. The minimum atomic E-state index is -1.42. The number of aryl methyl sites for hydroxylation is 1. The van der Waals surface area contributed by atoms with Crippen LogP contribution in [0.15, 0.2) is 30.4 Å². The Morgan fingerprint density at radius 1 is 1.38 bits per heavy atom. The van der Waals surface area contributed by atoms with Crippen LogP contribution >= 0.6 is 11.6 Å². The van der Waals surface area contributed by atoms with Crippen molar-refractivity contribution < 1.29 is 14.7 Å². The summed E-state index contributed by atoms with van der Waals surface area (Å²) < 4.78 is 0. The number of hydrogen-bond donors (Lipinski definition) is 1. The molecule has 0 bridgehead atoms. The molecular formula is C11H9ClNO3-. The highest BCUT2D eigenvalue weighted by Crippen LogP contribution is 2.24. The van der Waals surface area contributed by atoms with Crippen LogP contribution in [0.3, 0.4) is 0 Å². The summed E-state index contributed by atoms with van der Waals surface area (Å²) >= 11 is 5.87. The van der Waals surface area contributed by atoms with Crippen LogP contribution in [0.1, 0.15) is 5.56 Å². The summed E-state index contributed by atoms with van der Waals surface area (Å²) in [7, 11) is 0. The van der Waals surface area contributed by atoms with Crippen molar-refractivity contribution in [1.29, 1.82) is 0 Å². The molecule has 0 heterocycles. The molecule has 0 saturated carbocycles. The topological polar surface area (TPSA) is 69.2 Å². The lowest BCUT2D eigenvalue weighted by Gasteiger charge is -2.08. The van der Waals surface area contributed by atoms with E-state index in [1.807, 2.05) is 0 Å². The number of rotatable bonds is 3. The zero-order valence-corrected chi connectivity index (χ0v) is 9.25. The minimum Gasteiger partial charge on any atom is -0.545 e. The smallest absolute Gasteiger partial charge is 0.248 e. The van der Waals surface area contributed by atoms with Crippen LogP contribution in [-0.2, 0) is 9.59 Å². The molecule has 1 aromatic rings. The third kappa shape index (κ3) is 3.40. The first-order valence-corrected chi connectivity index (χ1v) is 4.83. The van der Waals surface area contributed by atoms with Crippen LogP contribution in [0.25, 0.3) is 0 Å². The highest BCUT2D eigenvalue weighted by Gasteiger charge is 2.05. The van der Waals surface area contributed by atoms with Crippen LogP contribution in [0.2, 0.25) is 5.02 Å². The number of carboxylic acid groups (broad SMARTS) is 1. The number of carboxylic acids is 1.